The average Bonchev–Trinajstić information content (AvgIpc) is 3.19. The number of hydrogen-bond acceptors (Lipinski definition) is 4. The molecule has 0 saturated heterocycles. The lowest BCUT2D eigenvalue weighted by molar-refractivity contribution is -0.116. The molecule has 0 atom stereocenters. The molecule has 0 aliphatic carbocycles. The van der Waals surface area contributed by atoms with Gasteiger partial charge >= 0.3 is 0 Å². The Morgan fingerprint density at radius 1 is 1.08 bits per heavy atom. The average molecular weight is 357 g/mol. The van der Waals surface area contributed by atoms with Crippen LogP contribution in [-0.4, -0.2) is 27.4 Å². The molecule has 6 nitrogen and oxygen atoms in total. The second-order valence-electron chi connectivity index (χ2n) is 6.39. The maximum Gasteiger partial charge on any atom is 0.264 e. The van der Waals surface area contributed by atoms with Crippen molar-refractivity contribution in [3.8, 4) is 0 Å². The minimum Gasteiger partial charge on any atom is -0.397 e. The molecular formula is C18H19N3O3S. The van der Waals surface area contributed by atoms with Crippen LogP contribution in [0, 0.1) is 0 Å². The van der Waals surface area contributed by atoms with Gasteiger partial charge in [-0.25, -0.2) is 8.42 Å². The first kappa shape index (κ1) is 16.0. The van der Waals surface area contributed by atoms with E-state index in [9.17, 15) is 13.2 Å². The number of sulfonamides is 1. The minimum atomic E-state index is -3.68. The molecule has 25 heavy (non-hydrogen) atoms. The van der Waals surface area contributed by atoms with Gasteiger partial charge in [0, 0.05) is 25.7 Å². The maximum absolute atomic E-state index is 13.2. The van der Waals surface area contributed by atoms with Gasteiger partial charge in [0.25, 0.3) is 10.0 Å². The molecule has 2 aromatic rings. The number of anilines is 3. The highest BCUT2D eigenvalue weighted by Gasteiger charge is 2.33. The number of hydrogen-bond donors (Lipinski definition) is 1. The number of nitrogens with two attached hydrogens (primary N) is 1. The van der Waals surface area contributed by atoms with Gasteiger partial charge in [-0.2, -0.15) is 0 Å². The van der Waals surface area contributed by atoms with E-state index in [1.165, 1.54) is 11.2 Å². The molecule has 2 N–H and O–H groups in total. The Balaban J connectivity index is 1.76. The van der Waals surface area contributed by atoms with E-state index in [2.05, 4.69) is 0 Å². The molecule has 7 heteroatoms. The lowest BCUT2D eigenvalue weighted by atomic mass is 10.1. The van der Waals surface area contributed by atoms with Crippen molar-refractivity contribution in [1.29, 1.82) is 0 Å². The largest absolute Gasteiger partial charge is 0.397 e. The van der Waals surface area contributed by atoms with Crippen molar-refractivity contribution in [2.45, 2.75) is 24.7 Å². The highest BCUT2D eigenvalue weighted by Crippen LogP contribution is 2.38. The molecule has 0 unspecified atom stereocenters. The van der Waals surface area contributed by atoms with Crippen molar-refractivity contribution in [3.63, 3.8) is 0 Å². The zero-order valence-corrected chi connectivity index (χ0v) is 14.7. The summed E-state index contributed by atoms with van der Waals surface area (Å²) in [5, 5.41) is 0. The van der Waals surface area contributed by atoms with Gasteiger partial charge in [0.2, 0.25) is 5.91 Å². The number of carbonyl (C=O) groups is 1. The fraction of sp³-hybridized carbons (Fsp3) is 0.278. The smallest absolute Gasteiger partial charge is 0.264 e. The van der Waals surface area contributed by atoms with Crippen LogP contribution in [0.5, 0.6) is 0 Å². The summed E-state index contributed by atoms with van der Waals surface area (Å²) in [5.41, 5.74) is 9.73. The van der Waals surface area contributed by atoms with Crippen molar-refractivity contribution in [3.05, 3.63) is 47.5 Å². The number of rotatable bonds is 2. The van der Waals surface area contributed by atoms with Crippen molar-refractivity contribution in [1.82, 2.24) is 0 Å². The normalized spacial score (nSPS) is 16.0. The van der Waals surface area contributed by atoms with Crippen LogP contribution in [0.25, 0.3) is 0 Å². The Morgan fingerprint density at radius 2 is 1.84 bits per heavy atom. The molecule has 0 spiro atoms. The number of amides is 1. The number of benzene rings is 2. The monoisotopic (exact) mass is 357 g/mol. The van der Waals surface area contributed by atoms with Gasteiger partial charge in [0.05, 0.1) is 16.3 Å². The van der Waals surface area contributed by atoms with Crippen molar-refractivity contribution in [2.75, 3.05) is 28.0 Å². The lowest BCUT2D eigenvalue weighted by Gasteiger charge is -2.21. The van der Waals surface area contributed by atoms with Gasteiger partial charge in [-0.15, -0.1) is 0 Å². The number of carbonyl (C=O) groups excluding carboxylic acids is 1. The molecular weight excluding hydrogens is 338 g/mol. The predicted molar refractivity (Wildman–Crippen MR) is 97.3 cm³/mol. The Morgan fingerprint density at radius 3 is 2.60 bits per heavy atom. The first-order valence-corrected chi connectivity index (χ1v) is 9.65. The van der Waals surface area contributed by atoms with Crippen LogP contribution in [0.2, 0.25) is 0 Å². The standard InChI is InChI=1S/C18H19N3O3S/c1-12(22)20-9-7-14-11-15(5-6-17(14)20)25(23,24)21-10-8-13-3-2-4-16(19)18(13)21/h2-6,11H,7-10,19H2,1H3. The fourth-order valence-corrected chi connectivity index (χ4v) is 5.26. The molecule has 0 aromatic heterocycles. The molecule has 2 aliphatic heterocycles. The van der Waals surface area contributed by atoms with Crippen LogP contribution in [0.4, 0.5) is 17.1 Å². The summed E-state index contributed by atoms with van der Waals surface area (Å²) in [4.78, 5) is 13.6. The summed E-state index contributed by atoms with van der Waals surface area (Å²) in [7, 11) is -3.68. The summed E-state index contributed by atoms with van der Waals surface area (Å²) in [6.45, 7) is 2.50. The van der Waals surface area contributed by atoms with Crippen molar-refractivity contribution >= 4 is 33.0 Å². The minimum absolute atomic E-state index is 0.0319. The summed E-state index contributed by atoms with van der Waals surface area (Å²) in [5.74, 6) is -0.0319. The van der Waals surface area contributed by atoms with E-state index in [4.69, 9.17) is 5.73 Å². The number of fused-ring (bicyclic) bond motifs is 2. The maximum atomic E-state index is 13.2. The van der Waals surface area contributed by atoms with Gasteiger partial charge in [-0.3, -0.25) is 9.10 Å². The van der Waals surface area contributed by atoms with Crippen molar-refractivity contribution in [2.24, 2.45) is 0 Å². The van der Waals surface area contributed by atoms with Crippen LogP contribution >= 0.6 is 0 Å². The first-order chi connectivity index (χ1) is 11.9. The molecule has 130 valence electrons. The van der Waals surface area contributed by atoms with E-state index in [1.807, 2.05) is 12.1 Å². The zero-order valence-electron chi connectivity index (χ0n) is 13.9. The van der Waals surface area contributed by atoms with Gasteiger partial charge in [-0.1, -0.05) is 12.1 Å². The van der Waals surface area contributed by atoms with E-state index in [1.54, 1.807) is 29.2 Å². The lowest BCUT2D eigenvalue weighted by Crippen LogP contribution is -2.29. The molecule has 2 heterocycles. The number of nitrogen functional groups attached to an aromatic ring is 1. The van der Waals surface area contributed by atoms with E-state index >= 15 is 0 Å². The molecule has 2 aromatic carbocycles. The topological polar surface area (TPSA) is 83.7 Å². The van der Waals surface area contributed by atoms with Crippen LogP contribution in [0.15, 0.2) is 41.3 Å². The second-order valence-corrected chi connectivity index (χ2v) is 8.26. The summed E-state index contributed by atoms with van der Waals surface area (Å²) in [6.07, 6.45) is 1.32. The van der Waals surface area contributed by atoms with E-state index < -0.39 is 10.0 Å². The third-order valence-electron chi connectivity index (χ3n) is 4.90. The Hall–Kier alpha value is -2.54. The molecule has 0 bridgehead atoms. The Labute approximate surface area is 146 Å². The van der Waals surface area contributed by atoms with Gasteiger partial charge < -0.3 is 10.6 Å². The Bertz CT molecular complexity index is 985. The predicted octanol–water partition coefficient (Wildman–Crippen LogP) is 1.93. The quantitative estimate of drug-likeness (QED) is 0.833. The van der Waals surface area contributed by atoms with E-state index in [0.29, 0.717) is 37.3 Å². The highest BCUT2D eigenvalue weighted by molar-refractivity contribution is 7.92. The van der Waals surface area contributed by atoms with Crippen LogP contribution in [-0.2, 0) is 27.7 Å². The van der Waals surface area contributed by atoms with Crippen molar-refractivity contribution < 1.29 is 13.2 Å². The first-order valence-electron chi connectivity index (χ1n) is 8.21. The third-order valence-corrected chi connectivity index (χ3v) is 6.69. The fourth-order valence-electron chi connectivity index (χ4n) is 3.68. The Kier molecular flexibility index (Phi) is 3.50. The van der Waals surface area contributed by atoms with Crippen LogP contribution in [0.1, 0.15) is 18.1 Å². The van der Waals surface area contributed by atoms with Gasteiger partial charge in [-0.05, 0) is 48.2 Å². The molecule has 4 rings (SSSR count). The summed E-state index contributed by atoms with van der Waals surface area (Å²) >= 11 is 0. The second kappa shape index (κ2) is 5.49. The highest BCUT2D eigenvalue weighted by atomic mass is 32.2. The van der Waals surface area contributed by atoms with Gasteiger partial charge in [0.1, 0.15) is 0 Å². The van der Waals surface area contributed by atoms with Gasteiger partial charge in [0.15, 0.2) is 0 Å². The van der Waals surface area contributed by atoms with E-state index in [0.717, 1.165) is 16.8 Å². The molecule has 2 aliphatic rings. The van der Waals surface area contributed by atoms with Crippen LogP contribution < -0.4 is 14.9 Å². The van der Waals surface area contributed by atoms with E-state index in [-0.39, 0.29) is 10.8 Å². The van der Waals surface area contributed by atoms with Crippen LogP contribution in [0.3, 0.4) is 0 Å². The summed E-state index contributed by atoms with van der Waals surface area (Å²) < 4.78 is 27.7. The third kappa shape index (κ3) is 2.38. The molecule has 0 saturated carbocycles. The zero-order chi connectivity index (χ0) is 17.8. The SMILES string of the molecule is CC(=O)N1CCc2cc(S(=O)(=O)N3CCc4cccc(N)c43)ccc21. The number of para-hydroxylation sites is 1. The molecule has 1 amide bonds. The summed E-state index contributed by atoms with van der Waals surface area (Å²) in [6, 6.07) is 10.5. The molecule has 0 fully saturated rings. The number of nitrogens with zero attached hydrogens (tertiary/aromatic N) is 2. The molecule has 0 radical (unpaired) electrons.